The molecule has 1 fully saturated rings. The molecular formula is C13H22N2OS. The van der Waals surface area contributed by atoms with Gasteiger partial charge in [-0.25, -0.2) is 0 Å². The van der Waals surface area contributed by atoms with Gasteiger partial charge in [-0.15, -0.1) is 11.3 Å². The molecule has 0 amide bonds. The molecule has 2 heterocycles. The highest BCUT2D eigenvalue weighted by Crippen LogP contribution is 2.31. The Morgan fingerprint density at radius 3 is 3.06 bits per heavy atom. The first-order valence-electron chi connectivity index (χ1n) is 6.36. The Labute approximate surface area is 108 Å². The van der Waals surface area contributed by atoms with Crippen LogP contribution in [0.3, 0.4) is 0 Å². The summed E-state index contributed by atoms with van der Waals surface area (Å²) in [5.41, 5.74) is 6.20. The van der Waals surface area contributed by atoms with Crippen LogP contribution in [0, 0.1) is 0 Å². The number of ether oxygens (including phenoxy) is 1. The van der Waals surface area contributed by atoms with Crippen molar-refractivity contribution in [2.45, 2.75) is 38.4 Å². The van der Waals surface area contributed by atoms with Crippen LogP contribution in [0.15, 0.2) is 17.5 Å². The van der Waals surface area contributed by atoms with Gasteiger partial charge in [-0.05, 0) is 24.8 Å². The Balaban J connectivity index is 2.20. The molecule has 3 atom stereocenters. The minimum absolute atomic E-state index is 0.154. The first-order chi connectivity index (χ1) is 8.24. The van der Waals surface area contributed by atoms with Crippen molar-refractivity contribution in [1.29, 1.82) is 0 Å². The summed E-state index contributed by atoms with van der Waals surface area (Å²) in [7, 11) is 0. The van der Waals surface area contributed by atoms with Gasteiger partial charge < -0.3 is 10.5 Å². The first kappa shape index (κ1) is 13.0. The summed E-state index contributed by atoms with van der Waals surface area (Å²) in [5.74, 6) is 0. The number of morpholine rings is 1. The van der Waals surface area contributed by atoms with Crippen LogP contribution in [0.5, 0.6) is 0 Å². The molecule has 0 bridgehead atoms. The molecule has 0 radical (unpaired) electrons. The summed E-state index contributed by atoms with van der Waals surface area (Å²) in [4.78, 5) is 3.90. The maximum Gasteiger partial charge on any atom is 0.0622 e. The van der Waals surface area contributed by atoms with Crippen molar-refractivity contribution in [3.05, 3.63) is 22.4 Å². The van der Waals surface area contributed by atoms with Crippen LogP contribution in [0.1, 0.15) is 31.2 Å². The van der Waals surface area contributed by atoms with Crippen LogP contribution < -0.4 is 5.73 Å². The smallest absolute Gasteiger partial charge is 0.0622 e. The third kappa shape index (κ3) is 2.88. The Kier molecular flexibility index (Phi) is 4.56. The molecule has 1 aliphatic heterocycles. The molecule has 1 aliphatic rings. The summed E-state index contributed by atoms with van der Waals surface area (Å²) in [6.45, 7) is 6.98. The van der Waals surface area contributed by atoms with Gasteiger partial charge in [0.05, 0.1) is 19.3 Å². The normalized spacial score (nSPS) is 25.7. The van der Waals surface area contributed by atoms with E-state index in [-0.39, 0.29) is 6.04 Å². The lowest BCUT2D eigenvalue weighted by Crippen LogP contribution is -2.50. The second-order valence-corrected chi connectivity index (χ2v) is 5.67. The van der Waals surface area contributed by atoms with E-state index in [1.165, 1.54) is 4.88 Å². The molecular weight excluding hydrogens is 232 g/mol. The molecule has 2 N–H and O–H groups in total. The van der Waals surface area contributed by atoms with Crippen molar-refractivity contribution in [1.82, 2.24) is 4.90 Å². The van der Waals surface area contributed by atoms with Gasteiger partial charge in [-0.3, -0.25) is 4.90 Å². The predicted molar refractivity (Wildman–Crippen MR) is 72.3 cm³/mol. The second-order valence-electron chi connectivity index (χ2n) is 4.69. The third-order valence-corrected chi connectivity index (χ3v) is 4.38. The van der Waals surface area contributed by atoms with Crippen molar-refractivity contribution in [3.63, 3.8) is 0 Å². The topological polar surface area (TPSA) is 38.5 Å². The highest BCUT2D eigenvalue weighted by molar-refractivity contribution is 7.10. The third-order valence-electron chi connectivity index (χ3n) is 3.43. The maximum atomic E-state index is 6.20. The van der Waals surface area contributed by atoms with Crippen LogP contribution in [0.25, 0.3) is 0 Å². The zero-order chi connectivity index (χ0) is 12.3. The van der Waals surface area contributed by atoms with E-state index < -0.39 is 0 Å². The molecule has 1 aromatic rings. The van der Waals surface area contributed by atoms with Gasteiger partial charge in [0.25, 0.3) is 0 Å². The number of thiophene rings is 1. The lowest BCUT2D eigenvalue weighted by Gasteiger charge is -2.42. The molecule has 17 heavy (non-hydrogen) atoms. The summed E-state index contributed by atoms with van der Waals surface area (Å²) in [5, 5.41) is 2.13. The Morgan fingerprint density at radius 2 is 2.47 bits per heavy atom. The van der Waals surface area contributed by atoms with E-state index in [2.05, 4.69) is 36.3 Å². The molecule has 0 spiro atoms. The maximum absolute atomic E-state index is 6.20. The summed E-state index contributed by atoms with van der Waals surface area (Å²) >= 11 is 1.80. The summed E-state index contributed by atoms with van der Waals surface area (Å²) in [6, 6.07) is 5.30. The standard InChI is InChI=1S/C13H22N2OS/c1-3-11-9-16-7-6-15(11)13(10(2)14)12-5-4-8-17-12/h4-5,8,10-11,13H,3,6-7,9,14H2,1-2H3. The van der Waals surface area contributed by atoms with E-state index in [9.17, 15) is 0 Å². The molecule has 1 aromatic heterocycles. The van der Waals surface area contributed by atoms with Gasteiger partial charge in [0.15, 0.2) is 0 Å². The molecule has 3 unspecified atom stereocenters. The van der Waals surface area contributed by atoms with Crippen molar-refractivity contribution in [3.8, 4) is 0 Å². The van der Waals surface area contributed by atoms with Crippen molar-refractivity contribution >= 4 is 11.3 Å². The number of nitrogens with zero attached hydrogens (tertiary/aromatic N) is 1. The molecule has 0 aliphatic carbocycles. The molecule has 0 aromatic carbocycles. The second kappa shape index (κ2) is 5.96. The van der Waals surface area contributed by atoms with Crippen molar-refractivity contribution in [2.75, 3.05) is 19.8 Å². The molecule has 2 rings (SSSR count). The minimum Gasteiger partial charge on any atom is -0.378 e. The Hall–Kier alpha value is -0.420. The number of hydrogen-bond donors (Lipinski definition) is 1. The number of hydrogen-bond acceptors (Lipinski definition) is 4. The lowest BCUT2D eigenvalue weighted by atomic mass is 10.0. The highest BCUT2D eigenvalue weighted by Gasteiger charge is 2.31. The SMILES string of the molecule is CCC1COCCN1C(c1cccs1)C(C)N. The van der Waals surface area contributed by atoms with Gasteiger partial charge in [0.2, 0.25) is 0 Å². The van der Waals surface area contributed by atoms with E-state index in [0.717, 1.165) is 26.2 Å². The van der Waals surface area contributed by atoms with Crippen LogP contribution >= 0.6 is 11.3 Å². The largest absolute Gasteiger partial charge is 0.378 e. The Morgan fingerprint density at radius 1 is 1.65 bits per heavy atom. The first-order valence-corrected chi connectivity index (χ1v) is 7.24. The molecule has 96 valence electrons. The zero-order valence-electron chi connectivity index (χ0n) is 10.6. The quantitative estimate of drug-likeness (QED) is 0.895. The van der Waals surface area contributed by atoms with Crippen LogP contribution in [-0.4, -0.2) is 36.7 Å². The number of nitrogens with two attached hydrogens (primary N) is 1. The lowest BCUT2D eigenvalue weighted by molar-refractivity contribution is -0.0341. The zero-order valence-corrected chi connectivity index (χ0v) is 11.5. The molecule has 4 heteroatoms. The van der Waals surface area contributed by atoms with Crippen LogP contribution in [-0.2, 0) is 4.74 Å². The summed E-state index contributed by atoms with van der Waals surface area (Å²) < 4.78 is 5.57. The summed E-state index contributed by atoms with van der Waals surface area (Å²) in [6.07, 6.45) is 1.12. The van der Waals surface area contributed by atoms with Gasteiger partial charge >= 0.3 is 0 Å². The Bertz CT molecular complexity index is 326. The minimum atomic E-state index is 0.154. The highest BCUT2D eigenvalue weighted by atomic mass is 32.1. The molecule has 3 nitrogen and oxygen atoms in total. The van der Waals surface area contributed by atoms with Crippen molar-refractivity contribution in [2.24, 2.45) is 5.73 Å². The van der Waals surface area contributed by atoms with Crippen LogP contribution in [0.2, 0.25) is 0 Å². The molecule has 0 saturated carbocycles. The van der Waals surface area contributed by atoms with E-state index in [4.69, 9.17) is 10.5 Å². The molecule has 1 saturated heterocycles. The monoisotopic (exact) mass is 254 g/mol. The van der Waals surface area contributed by atoms with Crippen LogP contribution in [0.4, 0.5) is 0 Å². The fourth-order valence-corrected chi connectivity index (χ4v) is 3.53. The number of rotatable bonds is 4. The van der Waals surface area contributed by atoms with E-state index in [0.29, 0.717) is 12.1 Å². The predicted octanol–water partition coefficient (Wildman–Crippen LogP) is 2.25. The van der Waals surface area contributed by atoms with Gasteiger partial charge in [-0.2, -0.15) is 0 Å². The van der Waals surface area contributed by atoms with E-state index in [1.807, 2.05) is 0 Å². The average molecular weight is 254 g/mol. The fraction of sp³-hybridized carbons (Fsp3) is 0.692. The van der Waals surface area contributed by atoms with E-state index >= 15 is 0 Å². The van der Waals surface area contributed by atoms with E-state index in [1.54, 1.807) is 11.3 Å². The van der Waals surface area contributed by atoms with Crippen molar-refractivity contribution < 1.29 is 4.74 Å². The van der Waals surface area contributed by atoms with Gasteiger partial charge in [-0.1, -0.05) is 13.0 Å². The van der Waals surface area contributed by atoms with Gasteiger partial charge in [0.1, 0.15) is 0 Å². The fourth-order valence-electron chi connectivity index (χ4n) is 2.57. The average Bonchev–Trinajstić information content (AvgIpc) is 2.83. The van der Waals surface area contributed by atoms with Gasteiger partial charge in [0, 0.05) is 23.5 Å².